The first-order chi connectivity index (χ1) is 17.0. The molecule has 2 aromatic heterocycles. The van der Waals surface area contributed by atoms with E-state index in [4.69, 9.17) is 10.8 Å². The van der Waals surface area contributed by atoms with Gasteiger partial charge in [0, 0.05) is 24.0 Å². The molecule has 0 spiro atoms. The molecular formula is C24H27F2N3O5S2. The Morgan fingerprint density at radius 2 is 1.86 bits per heavy atom. The van der Waals surface area contributed by atoms with Gasteiger partial charge in [0.05, 0.1) is 28.3 Å². The van der Waals surface area contributed by atoms with Crippen LogP contribution in [0.2, 0.25) is 0 Å². The van der Waals surface area contributed by atoms with Crippen LogP contribution in [0.1, 0.15) is 47.3 Å². The minimum absolute atomic E-state index is 0.00886. The summed E-state index contributed by atoms with van der Waals surface area (Å²) in [7, 11) is -3.44. The number of nitrogens with two attached hydrogens (primary N) is 1. The largest absolute Gasteiger partial charge is 0.396 e. The number of thiophene rings is 1. The van der Waals surface area contributed by atoms with Crippen molar-refractivity contribution in [3.63, 3.8) is 0 Å². The molecule has 0 radical (unpaired) electrons. The molecule has 3 aromatic rings. The van der Waals surface area contributed by atoms with E-state index in [1.807, 2.05) is 0 Å². The molecule has 1 aromatic carbocycles. The Morgan fingerprint density at radius 1 is 1.17 bits per heavy atom. The molecule has 0 aliphatic carbocycles. The first-order valence-electron chi connectivity index (χ1n) is 11.1. The van der Waals surface area contributed by atoms with Crippen molar-refractivity contribution in [2.75, 3.05) is 24.3 Å². The molecule has 0 aliphatic rings. The lowest BCUT2D eigenvalue weighted by molar-refractivity contribution is 0.100. The van der Waals surface area contributed by atoms with Gasteiger partial charge in [-0.3, -0.25) is 4.79 Å². The van der Waals surface area contributed by atoms with Gasteiger partial charge in [0.15, 0.2) is 9.84 Å². The quantitative estimate of drug-likeness (QED) is 0.257. The van der Waals surface area contributed by atoms with Crippen molar-refractivity contribution in [1.82, 2.24) is 4.98 Å². The lowest BCUT2D eigenvalue weighted by atomic mass is 9.99. The second-order valence-corrected chi connectivity index (χ2v) is 11.6. The highest BCUT2D eigenvalue weighted by molar-refractivity contribution is 7.90. The second-order valence-electron chi connectivity index (χ2n) is 8.32. The summed E-state index contributed by atoms with van der Waals surface area (Å²) in [5, 5.41) is 21.2. The molecule has 194 valence electrons. The number of carbonyl (C=O) groups is 1. The predicted molar refractivity (Wildman–Crippen MR) is 135 cm³/mol. The van der Waals surface area contributed by atoms with Crippen molar-refractivity contribution in [1.29, 1.82) is 0 Å². The highest BCUT2D eigenvalue weighted by atomic mass is 32.2. The number of pyridine rings is 1. The van der Waals surface area contributed by atoms with Crippen LogP contribution in [-0.4, -0.2) is 48.5 Å². The lowest BCUT2D eigenvalue weighted by Gasteiger charge is -2.11. The zero-order valence-corrected chi connectivity index (χ0v) is 21.1. The van der Waals surface area contributed by atoms with E-state index in [-0.39, 0.29) is 57.2 Å². The Labute approximate surface area is 211 Å². The number of amides is 1. The van der Waals surface area contributed by atoms with Crippen LogP contribution in [0.4, 0.5) is 19.6 Å². The van der Waals surface area contributed by atoms with Crippen LogP contribution in [0.5, 0.6) is 0 Å². The summed E-state index contributed by atoms with van der Waals surface area (Å²) in [4.78, 5) is 16.4. The first-order valence-corrected chi connectivity index (χ1v) is 13.8. The Hall–Kier alpha value is -2.93. The van der Waals surface area contributed by atoms with Crippen molar-refractivity contribution >= 4 is 37.9 Å². The van der Waals surface area contributed by atoms with Crippen molar-refractivity contribution < 1.29 is 32.2 Å². The van der Waals surface area contributed by atoms with Gasteiger partial charge in [-0.15, -0.1) is 11.3 Å². The van der Waals surface area contributed by atoms with E-state index in [0.717, 1.165) is 23.5 Å². The van der Waals surface area contributed by atoms with Gasteiger partial charge in [-0.1, -0.05) is 13.0 Å². The van der Waals surface area contributed by atoms with E-state index in [2.05, 4.69) is 10.3 Å². The smallest absolute Gasteiger partial charge is 0.251 e. The van der Waals surface area contributed by atoms with Crippen molar-refractivity contribution in [2.24, 2.45) is 5.73 Å². The fraction of sp³-hybridized carbons (Fsp3) is 0.333. The number of carbonyl (C=O) groups excluding carboxylic acids is 1. The van der Waals surface area contributed by atoms with E-state index in [1.54, 1.807) is 25.1 Å². The Morgan fingerprint density at radius 3 is 2.47 bits per heavy atom. The average Bonchev–Trinajstić information content (AvgIpc) is 3.21. The highest BCUT2D eigenvalue weighted by Gasteiger charge is 2.22. The van der Waals surface area contributed by atoms with Crippen LogP contribution in [0, 0.1) is 11.6 Å². The molecule has 3 rings (SSSR count). The maximum atomic E-state index is 14.8. The fourth-order valence-electron chi connectivity index (χ4n) is 3.49. The molecule has 0 saturated carbocycles. The fourth-order valence-corrected chi connectivity index (χ4v) is 6.00. The van der Waals surface area contributed by atoms with Gasteiger partial charge in [0.1, 0.15) is 22.5 Å². The van der Waals surface area contributed by atoms with Gasteiger partial charge >= 0.3 is 0 Å². The standard InChI is InChI=1S/C24H27F2N3O5S2/c1-14(12-31)15-9-18(25)22(19(26)10-15)20-11-17(23(27)32)24(35-20)29-21-6-4-5-16(28-21)13-36(33,34)8-3-2-7-30/h4-6,9-11,14,30-31H,2-3,7-8,12-13H2,1H3,(H2,27,32)(H,28,29). The minimum atomic E-state index is -3.44. The van der Waals surface area contributed by atoms with Crippen LogP contribution in [0.25, 0.3) is 10.4 Å². The number of hydrogen-bond acceptors (Lipinski definition) is 8. The summed E-state index contributed by atoms with van der Waals surface area (Å²) in [6.07, 6.45) is 0.721. The molecule has 1 unspecified atom stereocenters. The van der Waals surface area contributed by atoms with E-state index in [1.165, 1.54) is 6.07 Å². The average molecular weight is 540 g/mol. The summed E-state index contributed by atoms with van der Waals surface area (Å²) in [5.74, 6) is -3.14. The molecule has 2 heterocycles. The maximum Gasteiger partial charge on any atom is 0.251 e. The molecule has 0 fully saturated rings. The SMILES string of the molecule is CC(CO)c1cc(F)c(-c2cc(C(N)=O)c(Nc3cccc(CS(=O)(=O)CCCCO)n3)s2)c(F)c1. The Bertz CT molecular complexity index is 1320. The number of nitrogens with one attached hydrogen (secondary N) is 1. The number of rotatable bonds is 12. The van der Waals surface area contributed by atoms with E-state index in [9.17, 15) is 27.1 Å². The number of nitrogens with zero attached hydrogens (tertiary/aromatic N) is 1. The van der Waals surface area contributed by atoms with Crippen molar-refractivity contribution in [3.8, 4) is 10.4 Å². The van der Waals surface area contributed by atoms with Gasteiger partial charge in [-0.25, -0.2) is 22.2 Å². The summed E-state index contributed by atoms with van der Waals surface area (Å²) in [5.41, 5.74) is 5.71. The normalized spacial score (nSPS) is 12.5. The molecule has 0 aliphatic heterocycles. The molecule has 12 heteroatoms. The molecular weight excluding hydrogens is 512 g/mol. The number of aliphatic hydroxyl groups excluding tert-OH is 2. The number of unbranched alkanes of at least 4 members (excludes halogenated alkanes) is 1. The number of hydrogen-bond donors (Lipinski definition) is 4. The van der Waals surface area contributed by atoms with Crippen LogP contribution in [0.15, 0.2) is 36.4 Å². The van der Waals surface area contributed by atoms with Crippen LogP contribution < -0.4 is 11.1 Å². The molecule has 0 saturated heterocycles. The molecule has 8 nitrogen and oxygen atoms in total. The molecule has 1 amide bonds. The zero-order chi connectivity index (χ0) is 26.5. The van der Waals surface area contributed by atoms with Crippen molar-refractivity contribution in [2.45, 2.75) is 31.4 Å². The number of aromatic nitrogens is 1. The number of aliphatic hydroxyl groups is 2. The van der Waals surface area contributed by atoms with Gasteiger partial charge in [0.2, 0.25) is 0 Å². The maximum absolute atomic E-state index is 14.8. The molecule has 1 atom stereocenters. The number of sulfone groups is 1. The van der Waals surface area contributed by atoms with Crippen molar-refractivity contribution in [3.05, 3.63) is 64.9 Å². The van der Waals surface area contributed by atoms with E-state index >= 15 is 0 Å². The first kappa shape index (κ1) is 27.7. The van der Waals surface area contributed by atoms with Gasteiger partial charge in [-0.05, 0) is 48.7 Å². The second kappa shape index (κ2) is 11.9. The third kappa shape index (κ3) is 6.84. The molecule has 36 heavy (non-hydrogen) atoms. The lowest BCUT2D eigenvalue weighted by Crippen LogP contribution is -2.12. The number of anilines is 2. The molecule has 0 bridgehead atoms. The Balaban J connectivity index is 1.90. The summed E-state index contributed by atoms with van der Waals surface area (Å²) >= 11 is 0.893. The van der Waals surface area contributed by atoms with Gasteiger partial charge in [0.25, 0.3) is 5.91 Å². The van der Waals surface area contributed by atoms with E-state index < -0.39 is 33.3 Å². The monoisotopic (exact) mass is 539 g/mol. The Kier molecular flexibility index (Phi) is 9.12. The van der Waals surface area contributed by atoms with Gasteiger partial charge < -0.3 is 21.3 Å². The summed E-state index contributed by atoms with van der Waals surface area (Å²) in [6.45, 7) is 1.28. The van der Waals surface area contributed by atoms with Crippen LogP contribution in [-0.2, 0) is 15.6 Å². The highest BCUT2D eigenvalue weighted by Crippen LogP contribution is 2.39. The molecule has 5 N–H and O–H groups in total. The van der Waals surface area contributed by atoms with Crippen LogP contribution >= 0.6 is 11.3 Å². The van der Waals surface area contributed by atoms with E-state index in [0.29, 0.717) is 18.4 Å². The predicted octanol–water partition coefficient (Wildman–Crippen LogP) is 3.71. The third-order valence-corrected chi connectivity index (χ3v) is 8.15. The summed E-state index contributed by atoms with van der Waals surface area (Å²) in [6, 6.07) is 8.25. The third-order valence-electron chi connectivity index (χ3n) is 5.43. The van der Waals surface area contributed by atoms with Gasteiger partial charge in [-0.2, -0.15) is 0 Å². The van der Waals surface area contributed by atoms with Crippen LogP contribution in [0.3, 0.4) is 0 Å². The number of halogens is 2. The number of primary amides is 1. The number of benzene rings is 1. The summed E-state index contributed by atoms with van der Waals surface area (Å²) < 4.78 is 54.3. The zero-order valence-electron chi connectivity index (χ0n) is 19.5. The minimum Gasteiger partial charge on any atom is -0.396 e. The topological polar surface area (TPSA) is 143 Å².